The van der Waals surface area contributed by atoms with E-state index in [1.54, 1.807) is 0 Å². The monoisotopic (exact) mass is 444 g/mol. The maximum Gasteiger partial charge on any atom is 0.308 e. The minimum atomic E-state index is -2.08. The molecule has 0 aromatic carbocycles. The molecule has 0 N–H and O–H groups in total. The molecule has 4 nitrogen and oxygen atoms in total. The molecule has 0 aromatic heterocycles. The van der Waals surface area contributed by atoms with E-state index in [-0.39, 0.29) is 18.2 Å². The van der Waals surface area contributed by atoms with Gasteiger partial charge in [0.05, 0.1) is 19.1 Å². The predicted octanol–water partition coefficient (Wildman–Crippen LogP) is 7.05. The van der Waals surface area contributed by atoms with Gasteiger partial charge >= 0.3 is 5.97 Å². The topological polar surface area (TPSA) is 44.8 Å². The first-order valence-corrected chi connectivity index (χ1v) is 16.0. The third-order valence-electron chi connectivity index (χ3n) is 7.33. The molecule has 1 fully saturated rings. The number of carbonyl (C=O) groups is 1. The lowest BCUT2D eigenvalue weighted by atomic mass is 10.2. The highest BCUT2D eigenvalue weighted by Gasteiger charge is 2.51. The Hall–Kier alpha value is -0.176. The zero-order chi connectivity index (χ0) is 22.7. The number of hydrogen-bond acceptors (Lipinski definition) is 4. The summed E-state index contributed by atoms with van der Waals surface area (Å²) in [5.41, 5.74) is 2.97. The summed E-state index contributed by atoms with van der Waals surface area (Å²) in [6, 6.07) is 0. The standard InChI is InChI=1S/C23H48O4Si2/c1-15(2)28(16(3)4,17(5)6)25-14-22-21(13-23(24)26-22)27-29(18(7)8,19(9)10)20(11)12/h15-22H,13-14H2,1-12H3/t21-,22-/m1/s1. The van der Waals surface area contributed by atoms with Gasteiger partial charge in [-0.2, -0.15) is 0 Å². The summed E-state index contributed by atoms with van der Waals surface area (Å²) < 4.78 is 19.5. The Bertz CT molecular complexity index is 485. The van der Waals surface area contributed by atoms with E-state index < -0.39 is 16.6 Å². The molecule has 172 valence electrons. The Labute approximate surface area is 182 Å². The van der Waals surface area contributed by atoms with Crippen LogP contribution in [0.3, 0.4) is 0 Å². The molecule has 6 heteroatoms. The summed E-state index contributed by atoms with van der Waals surface area (Å²) in [5, 5.41) is 0. The van der Waals surface area contributed by atoms with Crippen LogP contribution in [0.1, 0.15) is 89.5 Å². The fourth-order valence-electron chi connectivity index (χ4n) is 6.24. The first-order valence-electron chi connectivity index (χ1n) is 11.7. The van der Waals surface area contributed by atoms with Crippen molar-refractivity contribution in [2.45, 2.75) is 135 Å². The van der Waals surface area contributed by atoms with Gasteiger partial charge in [0.25, 0.3) is 0 Å². The Morgan fingerprint density at radius 2 is 1.14 bits per heavy atom. The molecule has 0 saturated carbocycles. The number of ether oxygens (including phenoxy) is 1. The maximum atomic E-state index is 12.3. The molecule has 0 amide bonds. The first-order chi connectivity index (χ1) is 13.2. The van der Waals surface area contributed by atoms with Crippen LogP contribution in [0, 0.1) is 0 Å². The van der Waals surface area contributed by atoms with Crippen LogP contribution in [0.25, 0.3) is 0 Å². The molecule has 0 aromatic rings. The van der Waals surface area contributed by atoms with E-state index in [1.807, 2.05) is 0 Å². The average molecular weight is 445 g/mol. The summed E-state index contributed by atoms with van der Waals surface area (Å²) in [6.07, 6.45) is -0.109. The van der Waals surface area contributed by atoms with Gasteiger partial charge in [-0.05, 0) is 33.2 Å². The molecule has 1 aliphatic heterocycles. The number of esters is 1. The molecule has 2 atom stereocenters. The number of rotatable bonds is 11. The lowest BCUT2D eigenvalue weighted by Crippen LogP contribution is -2.53. The quantitative estimate of drug-likeness (QED) is 0.253. The van der Waals surface area contributed by atoms with Crippen LogP contribution in [0.15, 0.2) is 0 Å². The number of hydrogen-bond donors (Lipinski definition) is 0. The van der Waals surface area contributed by atoms with Crippen LogP contribution < -0.4 is 0 Å². The third-order valence-corrected chi connectivity index (χ3v) is 19.5. The van der Waals surface area contributed by atoms with Gasteiger partial charge in [0.1, 0.15) is 6.10 Å². The van der Waals surface area contributed by atoms with E-state index >= 15 is 0 Å². The zero-order valence-corrected chi connectivity index (χ0v) is 23.2. The summed E-state index contributed by atoms with van der Waals surface area (Å²) in [4.78, 5) is 12.3. The highest BCUT2D eigenvalue weighted by atomic mass is 28.4. The van der Waals surface area contributed by atoms with Crippen molar-refractivity contribution in [2.75, 3.05) is 6.61 Å². The SMILES string of the molecule is CC(C)[Si](OC[C@H]1OC(=O)C[C@H]1O[Si](C(C)C)(C(C)C)C(C)C)(C(C)C)C(C)C. The van der Waals surface area contributed by atoms with Gasteiger partial charge in [-0.1, -0.05) is 83.1 Å². The molecule has 1 aliphatic rings. The summed E-state index contributed by atoms with van der Waals surface area (Å²) in [6.45, 7) is 27.9. The minimum Gasteiger partial charge on any atom is -0.457 e. The molecule has 1 heterocycles. The van der Waals surface area contributed by atoms with Gasteiger partial charge < -0.3 is 13.6 Å². The second kappa shape index (κ2) is 10.4. The first kappa shape index (κ1) is 26.9. The van der Waals surface area contributed by atoms with Gasteiger partial charge in [0.15, 0.2) is 0 Å². The van der Waals surface area contributed by atoms with Crippen molar-refractivity contribution in [2.24, 2.45) is 0 Å². The molecular formula is C23H48O4Si2. The zero-order valence-electron chi connectivity index (χ0n) is 21.2. The van der Waals surface area contributed by atoms with Crippen LogP contribution >= 0.6 is 0 Å². The van der Waals surface area contributed by atoms with Crippen LogP contribution in [-0.4, -0.2) is 41.4 Å². The van der Waals surface area contributed by atoms with E-state index in [0.717, 1.165) is 0 Å². The van der Waals surface area contributed by atoms with Gasteiger partial charge in [-0.3, -0.25) is 4.79 Å². The lowest BCUT2D eigenvalue weighted by Gasteiger charge is -2.45. The fraction of sp³-hybridized carbons (Fsp3) is 0.957. The van der Waals surface area contributed by atoms with Crippen LogP contribution in [0.5, 0.6) is 0 Å². The minimum absolute atomic E-state index is 0.145. The second-order valence-electron chi connectivity index (χ2n) is 10.8. The van der Waals surface area contributed by atoms with Crippen molar-refractivity contribution in [1.82, 2.24) is 0 Å². The van der Waals surface area contributed by atoms with E-state index in [1.165, 1.54) is 0 Å². The highest BCUT2D eigenvalue weighted by Crippen LogP contribution is 2.45. The van der Waals surface area contributed by atoms with E-state index in [0.29, 0.717) is 46.3 Å². The number of cyclic esters (lactones) is 1. The van der Waals surface area contributed by atoms with Crippen molar-refractivity contribution >= 4 is 22.6 Å². The Kier molecular flexibility index (Phi) is 9.65. The molecular weight excluding hydrogens is 396 g/mol. The smallest absolute Gasteiger partial charge is 0.308 e. The largest absolute Gasteiger partial charge is 0.457 e. The van der Waals surface area contributed by atoms with Gasteiger partial charge in [0, 0.05) is 0 Å². The van der Waals surface area contributed by atoms with Crippen LogP contribution in [0.2, 0.25) is 33.2 Å². The molecule has 0 unspecified atom stereocenters. The van der Waals surface area contributed by atoms with Crippen molar-refractivity contribution in [3.05, 3.63) is 0 Å². The van der Waals surface area contributed by atoms with Crippen molar-refractivity contribution in [1.29, 1.82) is 0 Å². The molecule has 0 radical (unpaired) electrons. The Morgan fingerprint density at radius 3 is 1.48 bits per heavy atom. The van der Waals surface area contributed by atoms with Crippen molar-refractivity contribution < 1.29 is 18.4 Å². The molecule has 29 heavy (non-hydrogen) atoms. The summed E-state index contributed by atoms with van der Waals surface area (Å²) in [7, 11) is -4.09. The fourth-order valence-corrected chi connectivity index (χ4v) is 17.3. The van der Waals surface area contributed by atoms with E-state index in [2.05, 4.69) is 83.1 Å². The molecule has 1 saturated heterocycles. The second-order valence-corrected chi connectivity index (χ2v) is 21.7. The summed E-state index contributed by atoms with van der Waals surface area (Å²) in [5.74, 6) is -0.145. The van der Waals surface area contributed by atoms with Crippen molar-refractivity contribution in [3.8, 4) is 0 Å². The third kappa shape index (κ3) is 5.36. The van der Waals surface area contributed by atoms with Crippen LogP contribution in [-0.2, 0) is 18.4 Å². The lowest BCUT2D eigenvalue weighted by molar-refractivity contribution is -0.143. The molecule has 0 aliphatic carbocycles. The van der Waals surface area contributed by atoms with Gasteiger partial charge in [0.2, 0.25) is 16.6 Å². The highest BCUT2D eigenvalue weighted by molar-refractivity contribution is 6.78. The Balaban J connectivity index is 3.11. The van der Waals surface area contributed by atoms with Gasteiger partial charge in [-0.25, -0.2) is 0 Å². The Morgan fingerprint density at radius 1 is 0.759 bits per heavy atom. The van der Waals surface area contributed by atoms with E-state index in [9.17, 15) is 4.79 Å². The van der Waals surface area contributed by atoms with Crippen molar-refractivity contribution in [3.63, 3.8) is 0 Å². The van der Waals surface area contributed by atoms with Gasteiger partial charge in [-0.15, -0.1) is 0 Å². The van der Waals surface area contributed by atoms with E-state index in [4.69, 9.17) is 13.6 Å². The molecule has 0 spiro atoms. The summed E-state index contributed by atoms with van der Waals surface area (Å²) >= 11 is 0. The average Bonchev–Trinajstić information content (AvgIpc) is 2.90. The maximum absolute atomic E-state index is 12.3. The number of carbonyl (C=O) groups excluding carboxylic acids is 1. The normalized spacial score (nSPS) is 21.5. The predicted molar refractivity (Wildman–Crippen MR) is 127 cm³/mol. The molecule has 1 rings (SSSR count). The van der Waals surface area contributed by atoms with Crippen LogP contribution in [0.4, 0.5) is 0 Å². The molecule has 0 bridgehead atoms.